The van der Waals surface area contributed by atoms with Crippen LogP contribution in [0.4, 0.5) is 0 Å². The maximum atomic E-state index is 10.9. The highest BCUT2D eigenvalue weighted by atomic mass is 16.1. The first-order chi connectivity index (χ1) is 6.33. The molecule has 0 amide bonds. The molecule has 4 nitrogen and oxygen atoms in total. The quantitative estimate of drug-likeness (QED) is 0.675. The lowest BCUT2D eigenvalue weighted by molar-refractivity contribution is 0.406. The van der Waals surface area contributed by atoms with E-state index in [0.29, 0.717) is 5.92 Å². The van der Waals surface area contributed by atoms with Crippen molar-refractivity contribution in [3.8, 4) is 0 Å². The average molecular weight is 179 g/mol. The van der Waals surface area contributed by atoms with Crippen LogP contribution in [0, 0.1) is 11.8 Å². The van der Waals surface area contributed by atoms with Crippen LogP contribution in [0.25, 0.3) is 0 Å². The van der Waals surface area contributed by atoms with Gasteiger partial charge in [0.15, 0.2) is 0 Å². The van der Waals surface area contributed by atoms with Gasteiger partial charge >= 0.3 is 5.69 Å². The van der Waals surface area contributed by atoms with Crippen LogP contribution < -0.4 is 5.69 Å². The Balaban J connectivity index is 1.91. The lowest BCUT2D eigenvalue weighted by Crippen LogP contribution is -2.11. The molecule has 0 aliphatic heterocycles. The number of rotatable bonds is 1. The highest BCUT2D eigenvalue weighted by molar-refractivity contribution is 5.05. The fraction of sp³-hybridized carbons (Fsp3) is 0.778. The maximum absolute atomic E-state index is 10.9. The van der Waals surface area contributed by atoms with Crippen LogP contribution in [0.3, 0.4) is 0 Å². The Bertz CT molecular complexity index is 367. The molecule has 3 rings (SSSR count). The molecule has 2 bridgehead atoms. The number of hydrogen-bond donors (Lipinski definition) is 2. The molecule has 13 heavy (non-hydrogen) atoms. The summed E-state index contributed by atoms with van der Waals surface area (Å²) in [4.78, 5) is 13.7. The molecule has 3 unspecified atom stereocenters. The van der Waals surface area contributed by atoms with Crippen molar-refractivity contribution in [3.05, 3.63) is 16.3 Å². The van der Waals surface area contributed by atoms with Crippen molar-refractivity contribution < 1.29 is 0 Å². The number of H-pyrrole nitrogens is 2. The largest absolute Gasteiger partial charge is 0.340 e. The van der Waals surface area contributed by atoms with Gasteiger partial charge in [-0.25, -0.2) is 9.89 Å². The van der Waals surface area contributed by atoms with Crippen LogP contribution in [-0.4, -0.2) is 15.2 Å². The maximum Gasteiger partial charge on any atom is 0.340 e. The molecular formula is C9H13N3O. The van der Waals surface area contributed by atoms with Gasteiger partial charge in [0.1, 0.15) is 5.82 Å². The van der Waals surface area contributed by atoms with Gasteiger partial charge in [0.2, 0.25) is 0 Å². The number of aromatic nitrogens is 3. The van der Waals surface area contributed by atoms with Gasteiger partial charge in [-0.3, -0.25) is 4.98 Å². The summed E-state index contributed by atoms with van der Waals surface area (Å²) in [6.45, 7) is 0. The zero-order valence-corrected chi connectivity index (χ0v) is 7.42. The molecule has 0 radical (unpaired) electrons. The summed E-state index contributed by atoms with van der Waals surface area (Å²) in [5, 5.41) is 6.47. The van der Waals surface area contributed by atoms with Crippen molar-refractivity contribution in [2.45, 2.75) is 31.6 Å². The van der Waals surface area contributed by atoms with Crippen LogP contribution >= 0.6 is 0 Å². The summed E-state index contributed by atoms with van der Waals surface area (Å²) >= 11 is 0. The predicted molar refractivity (Wildman–Crippen MR) is 47.4 cm³/mol. The number of nitrogens with zero attached hydrogens (tertiary/aromatic N) is 1. The van der Waals surface area contributed by atoms with E-state index in [1.54, 1.807) is 0 Å². The Morgan fingerprint density at radius 1 is 1.31 bits per heavy atom. The van der Waals surface area contributed by atoms with Crippen LogP contribution in [0.15, 0.2) is 4.79 Å². The third kappa shape index (κ3) is 1.04. The SMILES string of the molecule is O=c1[nH]nc(C2CC3CCC2C3)[nH]1. The van der Waals surface area contributed by atoms with Gasteiger partial charge in [-0.1, -0.05) is 6.42 Å². The van der Waals surface area contributed by atoms with E-state index >= 15 is 0 Å². The second-order valence-electron chi connectivity index (χ2n) is 4.34. The summed E-state index contributed by atoms with van der Waals surface area (Å²) in [7, 11) is 0. The first-order valence-corrected chi connectivity index (χ1v) is 4.97. The molecule has 2 fully saturated rings. The van der Waals surface area contributed by atoms with E-state index < -0.39 is 0 Å². The van der Waals surface area contributed by atoms with E-state index in [1.165, 1.54) is 25.7 Å². The summed E-state index contributed by atoms with van der Waals surface area (Å²) in [6.07, 6.45) is 5.28. The number of aromatic amines is 2. The van der Waals surface area contributed by atoms with Crippen LogP contribution in [0.1, 0.15) is 37.4 Å². The molecule has 4 heteroatoms. The molecule has 70 valence electrons. The molecule has 2 N–H and O–H groups in total. The third-order valence-corrected chi connectivity index (χ3v) is 3.61. The lowest BCUT2D eigenvalue weighted by atomic mass is 9.88. The molecule has 1 aromatic rings. The van der Waals surface area contributed by atoms with E-state index in [2.05, 4.69) is 15.2 Å². The third-order valence-electron chi connectivity index (χ3n) is 3.61. The Kier molecular flexibility index (Phi) is 1.39. The van der Waals surface area contributed by atoms with E-state index in [-0.39, 0.29) is 5.69 Å². The minimum Gasteiger partial charge on any atom is -0.293 e. The smallest absolute Gasteiger partial charge is 0.293 e. The zero-order valence-electron chi connectivity index (χ0n) is 7.42. The van der Waals surface area contributed by atoms with Crippen molar-refractivity contribution in [2.24, 2.45) is 11.8 Å². The summed E-state index contributed by atoms with van der Waals surface area (Å²) in [5.41, 5.74) is -0.169. The van der Waals surface area contributed by atoms with Crippen LogP contribution in [-0.2, 0) is 0 Å². The number of hydrogen-bond acceptors (Lipinski definition) is 2. The van der Waals surface area contributed by atoms with Gasteiger partial charge in [-0.15, -0.1) is 0 Å². The standard InChI is InChI=1S/C9H13N3O/c13-9-10-8(11-12-9)7-4-5-1-2-6(7)3-5/h5-7H,1-4H2,(H2,10,11,12,13). The van der Waals surface area contributed by atoms with Gasteiger partial charge in [-0.05, 0) is 31.1 Å². The van der Waals surface area contributed by atoms with E-state index in [9.17, 15) is 4.79 Å². The second-order valence-corrected chi connectivity index (χ2v) is 4.34. The Hall–Kier alpha value is -1.06. The first kappa shape index (κ1) is 7.35. The molecule has 0 saturated heterocycles. The summed E-state index contributed by atoms with van der Waals surface area (Å²) in [6, 6.07) is 0. The average Bonchev–Trinajstić information content (AvgIpc) is 2.77. The molecule has 1 heterocycles. The molecular weight excluding hydrogens is 166 g/mol. The van der Waals surface area contributed by atoms with Gasteiger partial charge < -0.3 is 0 Å². The molecule has 0 spiro atoms. The second kappa shape index (κ2) is 2.47. The Morgan fingerprint density at radius 2 is 2.23 bits per heavy atom. The molecule has 2 saturated carbocycles. The monoisotopic (exact) mass is 179 g/mol. The van der Waals surface area contributed by atoms with Crippen LogP contribution in [0.2, 0.25) is 0 Å². The molecule has 3 atom stereocenters. The van der Waals surface area contributed by atoms with E-state index in [0.717, 1.165) is 17.7 Å². The molecule has 0 aromatic carbocycles. The number of nitrogens with one attached hydrogen (secondary N) is 2. The van der Waals surface area contributed by atoms with Crippen molar-refractivity contribution in [1.82, 2.24) is 15.2 Å². The Labute approximate surface area is 75.8 Å². The topological polar surface area (TPSA) is 61.5 Å². The van der Waals surface area contributed by atoms with Gasteiger partial charge in [-0.2, -0.15) is 5.10 Å². The minimum atomic E-state index is -0.169. The fourth-order valence-electron chi connectivity index (χ4n) is 3.04. The summed E-state index contributed by atoms with van der Waals surface area (Å²) < 4.78 is 0. The van der Waals surface area contributed by atoms with Crippen molar-refractivity contribution in [3.63, 3.8) is 0 Å². The number of fused-ring (bicyclic) bond motifs is 2. The highest BCUT2D eigenvalue weighted by Crippen LogP contribution is 2.51. The van der Waals surface area contributed by atoms with Gasteiger partial charge in [0.25, 0.3) is 0 Å². The fourth-order valence-corrected chi connectivity index (χ4v) is 3.04. The first-order valence-electron chi connectivity index (χ1n) is 4.97. The predicted octanol–water partition coefficient (Wildman–Crippen LogP) is 1.00. The van der Waals surface area contributed by atoms with Gasteiger partial charge in [0.05, 0.1) is 0 Å². The minimum absolute atomic E-state index is 0.169. The van der Waals surface area contributed by atoms with Gasteiger partial charge in [0, 0.05) is 5.92 Å². The Morgan fingerprint density at radius 3 is 2.77 bits per heavy atom. The van der Waals surface area contributed by atoms with Crippen LogP contribution in [0.5, 0.6) is 0 Å². The van der Waals surface area contributed by atoms with Crippen molar-refractivity contribution >= 4 is 0 Å². The molecule has 1 aromatic heterocycles. The zero-order chi connectivity index (χ0) is 8.84. The highest BCUT2D eigenvalue weighted by Gasteiger charge is 2.41. The van der Waals surface area contributed by atoms with Crippen molar-refractivity contribution in [2.75, 3.05) is 0 Å². The van der Waals surface area contributed by atoms with E-state index in [4.69, 9.17) is 0 Å². The summed E-state index contributed by atoms with van der Waals surface area (Å²) in [5.74, 6) is 3.09. The van der Waals surface area contributed by atoms with E-state index in [1.807, 2.05) is 0 Å². The molecule has 2 aliphatic rings. The van der Waals surface area contributed by atoms with Crippen molar-refractivity contribution in [1.29, 1.82) is 0 Å². The normalized spacial score (nSPS) is 37.1. The lowest BCUT2D eigenvalue weighted by Gasteiger charge is -2.18. The molecule has 2 aliphatic carbocycles.